The SMILES string of the molecule is Cc1cccc(-c2nnc(SCC(=O)N3N=C(c4cccs4)C[C@@H]3c3cccs3)o2)c1. The number of hydrogen-bond acceptors (Lipinski definition) is 8. The lowest BCUT2D eigenvalue weighted by molar-refractivity contribution is -0.130. The third-order valence-corrected chi connectivity index (χ3v) is 7.53. The third kappa shape index (κ3) is 4.34. The molecule has 0 saturated carbocycles. The van der Waals surface area contributed by atoms with E-state index in [2.05, 4.69) is 21.4 Å². The first-order valence-electron chi connectivity index (χ1n) is 9.67. The molecule has 1 aliphatic rings. The van der Waals surface area contributed by atoms with E-state index in [1.54, 1.807) is 27.7 Å². The summed E-state index contributed by atoms with van der Waals surface area (Å²) in [5.74, 6) is 0.554. The smallest absolute Gasteiger partial charge is 0.277 e. The van der Waals surface area contributed by atoms with Gasteiger partial charge in [0.25, 0.3) is 11.1 Å². The second-order valence-corrected chi connectivity index (χ2v) is 9.88. The van der Waals surface area contributed by atoms with Gasteiger partial charge in [-0.2, -0.15) is 5.10 Å². The standard InChI is InChI=1S/C22H18N4O2S3/c1-14-5-2-6-15(11-14)21-23-24-22(28-21)31-13-20(27)26-17(19-8-4-10-30-19)12-16(25-26)18-7-3-9-29-18/h2-11,17H,12-13H2,1H3/t17-/m1/s1. The second kappa shape index (κ2) is 8.78. The molecule has 0 spiro atoms. The number of amides is 1. The molecule has 1 aromatic carbocycles. The maximum atomic E-state index is 13.1. The molecule has 0 fully saturated rings. The summed E-state index contributed by atoms with van der Waals surface area (Å²) in [5, 5.41) is 18.9. The Hall–Kier alpha value is -2.75. The number of thiophene rings is 2. The van der Waals surface area contributed by atoms with Gasteiger partial charge in [0.2, 0.25) is 5.89 Å². The van der Waals surface area contributed by atoms with Crippen molar-refractivity contribution in [3.05, 3.63) is 74.6 Å². The van der Waals surface area contributed by atoms with Gasteiger partial charge in [-0.25, -0.2) is 5.01 Å². The molecule has 1 atom stereocenters. The Morgan fingerprint density at radius 3 is 2.81 bits per heavy atom. The van der Waals surface area contributed by atoms with Gasteiger partial charge in [0, 0.05) is 16.9 Å². The molecular weight excluding hydrogens is 448 g/mol. The molecule has 9 heteroatoms. The number of carbonyl (C=O) groups excluding carboxylic acids is 1. The van der Waals surface area contributed by atoms with Crippen molar-refractivity contribution in [3.63, 3.8) is 0 Å². The molecule has 4 aromatic rings. The first-order chi connectivity index (χ1) is 15.2. The van der Waals surface area contributed by atoms with Gasteiger partial charge >= 0.3 is 0 Å². The predicted octanol–water partition coefficient (Wildman–Crippen LogP) is 5.64. The number of nitrogens with zero attached hydrogens (tertiary/aromatic N) is 4. The fourth-order valence-electron chi connectivity index (χ4n) is 3.39. The number of aryl methyl sites for hydroxylation is 1. The normalized spacial score (nSPS) is 16.0. The van der Waals surface area contributed by atoms with Crippen molar-refractivity contribution < 1.29 is 9.21 Å². The molecule has 4 heterocycles. The van der Waals surface area contributed by atoms with Crippen LogP contribution in [0.2, 0.25) is 0 Å². The predicted molar refractivity (Wildman–Crippen MR) is 125 cm³/mol. The Kier molecular flexibility index (Phi) is 5.71. The van der Waals surface area contributed by atoms with Crippen LogP contribution in [0, 0.1) is 6.92 Å². The Labute approximate surface area is 191 Å². The number of hydrogen-bond donors (Lipinski definition) is 0. The monoisotopic (exact) mass is 466 g/mol. The van der Waals surface area contributed by atoms with E-state index in [4.69, 9.17) is 4.42 Å². The van der Waals surface area contributed by atoms with Gasteiger partial charge in [-0.15, -0.1) is 32.9 Å². The van der Waals surface area contributed by atoms with Gasteiger partial charge in [-0.3, -0.25) is 4.79 Å². The van der Waals surface area contributed by atoms with E-state index in [1.807, 2.05) is 60.1 Å². The summed E-state index contributed by atoms with van der Waals surface area (Å²) in [6, 6.07) is 15.9. The van der Waals surface area contributed by atoms with Crippen LogP contribution in [0.1, 0.15) is 27.8 Å². The van der Waals surface area contributed by atoms with Gasteiger partial charge in [0.15, 0.2) is 0 Å². The fraction of sp³-hybridized carbons (Fsp3) is 0.182. The molecule has 0 radical (unpaired) electrons. The summed E-state index contributed by atoms with van der Waals surface area (Å²) in [4.78, 5) is 15.3. The van der Waals surface area contributed by atoms with Crippen LogP contribution in [0.4, 0.5) is 0 Å². The van der Waals surface area contributed by atoms with Crippen molar-refractivity contribution >= 4 is 46.1 Å². The number of rotatable bonds is 6. The lowest BCUT2D eigenvalue weighted by Crippen LogP contribution is -2.28. The van der Waals surface area contributed by atoms with Gasteiger partial charge < -0.3 is 4.42 Å². The number of aromatic nitrogens is 2. The molecule has 0 N–H and O–H groups in total. The highest BCUT2D eigenvalue weighted by Gasteiger charge is 2.34. The Balaban J connectivity index is 1.30. The molecule has 0 saturated heterocycles. The second-order valence-electron chi connectivity index (χ2n) is 7.03. The zero-order chi connectivity index (χ0) is 21.2. The molecule has 156 valence electrons. The van der Waals surface area contributed by atoms with Crippen LogP contribution < -0.4 is 0 Å². The largest absolute Gasteiger partial charge is 0.411 e. The zero-order valence-electron chi connectivity index (χ0n) is 16.6. The van der Waals surface area contributed by atoms with Crippen molar-refractivity contribution in [2.45, 2.75) is 24.6 Å². The van der Waals surface area contributed by atoms with Gasteiger partial charge in [0.05, 0.1) is 22.4 Å². The summed E-state index contributed by atoms with van der Waals surface area (Å²) < 4.78 is 5.75. The number of hydrazone groups is 1. The van der Waals surface area contributed by atoms with Crippen LogP contribution in [0.15, 0.2) is 74.0 Å². The van der Waals surface area contributed by atoms with E-state index in [1.165, 1.54) is 11.8 Å². The van der Waals surface area contributed by atoms with Crippen molar-refractivity contribution in [2.24, 2.45) is 5.10 Å². The minimum absolute atomic E-state index is 0.0734. The topological polar surface area (TPSA) is 71.6 Å². The minimum atomic E-state index is -0.0785. The molecule has 3 aromatic heterocycles. The van der Waals surface area contributed by atoms with Crippen LogP contribution in [0.5, 0.6) is 0 Å². The summed E-state index contributed by atoms with van der Waals surface area (Å²) in [6.45, 7) is 2.01. The van der Waals surface area contributed by atoms with Gasteiger partial charge in [-0.1, -0.05) is 41.6 Å². The first kappa shape index (κ1) is 20.2. The quantitative estimate of drug-likeness (QED) is 0.344. The van der Waals surface area contributed by atoms with E-state index in [0.717, 1.165) is 33.0 Å². The molecule has 5 rings (SSSR count). The molecule has 6 nitrogen and oxygen atoms in total. The molecule has 0 unspecified atom stereocenters. The molecule has 0 aliphatic carbocycles. The zero-order valence-corrected chi connectivity index (χ0v) is 19.0. The number of thioether (sulfide) groups is 1. The number of carbonyl (C=O) groups is 1. The van der Waals surface area contributed by atoms with E-state index in [9.17, 15) is 4.79 Å². The van der Waals surface area contributed by atoms with Crippen molar-refractivity contribution in [2.75, 3.05) is 5.75 Å². The van der Waals surface area contributed by atoms with Crippen LogP contribution in [-0.4, -0.2) is 32.6 Å². The Morgan fingerprint density at radius 1 is 1.16 bits per heavy atom. The molecule has 1 aliphatic heterocycles. The van der Waals surface area contributed by atoms with Crippen LogP contribution in [-0.2, 0) is 4.79 Å². The summed E-state index contributed by atoms with van der Waals surface area (Å²) in [7, 11) is 0. The van der Waals surface area contributed by atoms with Crippen molar-refractivity contribution in [1.29, 1.82) is 0 Å². The van der Waals surface area contributed by atoms with E-state index >= 15 is 0 Å². The highest BCUT2D eigenvalue weighted by atomic mass is 32.2. The fourth-order valence-corrected chi connectivity index (χ4v) is 5.54. The van der Waals surface area contributed by atoms with Gasteiger partial charge in [0.1, 0.15) is 0 Å². The van der Waals surface area contributed by atoms with Crippen LogP contribution in [0.25, 0.3) is 11.5 Å². The average Bonchev–Trinajstić information content (AvgIpc) is 3.57. The highest BCUT2D eigenvalue weighted by Crippen LogP contribution is 2.36. The Morgan fingerprint density at radius 2 is 2.03 bits per heavy atom. The van der Waals surface area contributed by atoms with Gasteiger partial charge in [-0.05, 0) is 41.9 Å². The minimum Gasteiger partial charge on any atom is -0.411 e. The molecule has 1 amide bonds. The van der Waals surface area contributed by atoms with E-state index in [0.29, 0.717) is 11.1 Å². The van der Waals surface area contributed by atoms with E-state index < -0.39 is 0 Å². The van der Waals surface area contributed by atoms with Crippen molar-refractivity contribution in [3.8, 4) is 11.5 Å². The molecular formula is C22H18N4O2S3. The van der Waals surface area contributed by atoms with E-state index in [-0.39, 0.29) is 17.7 Å². The van der Waals surface area contributed by atoms with Crippen molar-refractivity contribution in [1.82, 2.24) is 15.2 Å². The molecule has 31 heavy (non-hydrogen) atoms. The summed E-state index contributed by atoms with van der Waals surface area (Å²) in [5.41, 5.74) is 2.94. The lowest BCUT2D eigenvalue weighted by Gasteiger charge is -2.20. The Bertz CT molecular complexity index is 1220. The van der Waals surface area contributed by atoms with Crippen LogP contribution in [0.3, 0.4) is 0 Å². The maximum Gasteiger partial charge on any atom is 0.277 e. The lowest BCUT2D eigenvalue weighted by atomic mass is 10.1. The average molecular weight is 467 g/mol. The molecule has 0 bridgehead atoms. The maximum absolute atomic E-state index is 13.1. The summed E-state index contributed by atoms with van der Waals surface area (Å²) >= 11 is 4.53. The first-order valence-corrected chi connectivity index (χ1v) is 12.4. The van der Waals surface area contributed by atoms with Crippen LogP contribution >= 0.6 is 34.4 Å². The summed E-state index contributed by atoms with van der Waals surface area (Å²) in [6.07, 6.45) is 0.718. The third-order valence-electron chi connectivity index (χ3n) is 4.83. The number of benzene rings is 1. The highest BCUT2D eigenvalue weighted by molar-refractivity contribution is 7.99.